The van der Waals surface area contributed by atoms with Crippen LogP contribution in [0.25, 0.3) is 0 Å². The van der Waals surface area contributed by atoms with Crippen LogP contribution in [0.1, 0.15) is 17.3 Å². The predicted octanol–water partition coefficient (Wildman–Crippen LogP) is 3.12. The molecule has 0 atom stereocenters. The van der Waals surface area contributed by atoms with E-state index in [1.165, 1.54) is 12.1 Å². The normalized spacial score (nSPS) is 9.93. The highest BCUT2D eigenvalue weighted by molar-refractivity contribution is 6.37. The summed E-state index contributed by atoms with van der Waals surface area (Å²) < 4.78 is 0. The van der Waals surface area contributed by atoms with Crippen LogP contribution < -0.4 is 5.32 Å². The fourth-order valence-corrected chi connectivity index (χ4v) is 1.66. The molecule has 0 heterocycles. The molecule has 5 heteroatoms. The summed E-state index contributed by atoms with van der Waals surface area (Å²) in [5.41, 5.74) is 0.496. The number of aromatic carboxylic acids is 1. The van der Waals surface area contributed by atoms with E-state index in [4.69, 9.17) is 28.3 Å². The SMILES string of the molecule is CCNc1c(Cl)cc(Cl)cc1C(=O)O. The lowest BCUT2D eigenvalue weighted by Crippen LogP contribution is -2.06. The Morgan fingerprint density at radius 1 is 1.50 bits per heavy atom. The molecule has 1 aromatic rings. The molecule has 0 amide bonds. The van der Waals surface area contributed by atoms with E-state index < -0.39 is 5.97 Å². The van der Waals surface area contributed by atoms with Gasteiger partial charge in [0.15, 0.2) is 0 Å². The van der Waals surface area contributed by atoms with E-state index in [2.05, 4.69) is 5.32 Å². The van der Waals surface area contributed by atoms with Gasteiger partial charge in [-0.1, -0.05) is 23.2 Å². The maximum Gasteiger partial charge on any atom is 0.337 e. The van der Waals surface area contributed by atoms with Gasteiger partial charge in [-0.15, -0.1) is 0 Å². The fraction of sp³-hybridized carbons (Fsp3) is 0.222. The maximum absolute atomic E-state index is 10.8. The Hall–Kier alpha value is -0.930. The Morgan fingerprint density at radius 2 is 2.14 bits per heavy atom. The van der Waals surface area contributed by atoms with E-state index in [1.54, 1.807) is 0 Å². The Balaban J connectivity index is 3.28. The number of nitrogens with one attached hydrogen (secondary N) is 1. The van der Waals surface area contributed by atoms with Gasteiger partial charge in [-0.25, -0.2) is 4.79 Å². The molecule has 0 bridgehead atoms. The average Bonchev–Trinajstić information content (AvgIpc) is 2.09. The molecule has 0 aliphatic heterocycles. The van der Waals surface area contributed by atoms with E-state index in [0.717, 1.165) is 0 Å². The predicted molar refractivity (Wildman–Crippen MR) is 57.6 cm³/mol. The molecule has 76 valence electrons. The van der Waals surface area contributed by atoms with Crippen LogP contribution >= 0.6 is 23.2 Å². The van der Waals surface area contributed by atoms with Crippen molar-refractivity contribution >= 4 is 34.9 Å². The first kappa shape index (κ1) is 11.1. The number of hydrogen-bond acceptors (Lipinski definition) is 2. The van der Waals surface area contributed by atoms with Gasteiger partial charge in [-0.05, 0) is 19.1 Å². The zero-order valence-electron chi connectivity index (χ0n) is 7.47. The molecule has 0 unspecified atom stereocenters. The van der Waals surface area contributed by atoms with Crippen molar-refractivity contribution in [2.45, 2.75) is 6.92 Å². The van der Waals surface area contributed by atoms with Crippen molar-refractivity contribution in [1.29, 1.82) is 0 Å². The molecule has 0 spiro atoms. The van der Waals surface area contributed by atoms with E-state index in [9.17, 15) is 4.79 Å². The Kier molecular flexibility index (Phi) is 3.61. The average molecular weight is 234 g/mol. The second kappa shape index (κ2) is 4.53. The molecule has 0 aliphatic rings. The van der Waals surface area contributed by atoms with Crippen molar-refractivity contribution in [3.63, 3.8) is 0 Å². The number of rotatable bonds is 3. The molecule has 0 saturated heterocycles. The Labute approximate surface area is 91.6 Å². The Bertz CT molecular complexity index is 366. The number of benzene rings is 1. The van der Waals surface area contributed by atoms with Gasteiger partial charge in [0.05, 0.1) is 16.3 Å². The zero-order chi connectivity index (χ0) is 10.7. The molecule has 0 aliphatic carbocycles. The summed E-state index contributed by atoms with van der Waals surface area (Å²) in [7, 11) is 0. The number of carbonyl (C=O) groups is 1. The third-order valence-corrected chi connectivity index (χ3v) is 2.16. The lowest BCUT2D eigenvalue weighted by Gasteiger charge is -2.09. The van der Waals surface area contributed by atoms with Crippen LogP contribution in [0.4, 0.5) is 5.69 Å². The molecule has 0 radical (unpaired) electrons. The summed E-state index contributed by atoms with van der Waals surface area (Å²) in [6.07, 6.45) is 0. The van der Waals surface area contributed by atoms with Crippen molar-refractivity contribution in [2.75, 3.05) is 11.9 Å². The molecule has 2 N–H and O–H groups in total. The first-order valence-electron chi connectivity index (χ1n) is 4.02. The minimum atomic E-state index is -1.05. The zero-order valence-corrected chi connectivity index (χ0v) is 8.99. The van der Waals surface area contributed by atoms with Crippen molar-refractivity contribution in [3.05, 3.63) is 27.7 Å². The first-order valence-corrected chi connectivity index (χ1v) is 4.78. The summed E-state index contributed by atoms with van der Waals surface area (Å²) in [6.45, 7) is 2.46. The van der Waals surface area contributed by atoms with E-state index in [-0.39, 0.29) is 5.56 Å². The third-order valence-electron chi connectivity index (χ3n) is 1.64. The molecular weight excluding hydrogens is 225 g/mol. The minimum absolute atomic E-state index is 0.0874. The second-order valence-electron chi connectivity index (χ2n) is 2.65. The smallest absolute Gasteiger partial charge is 0.337 e. The van der Waals surface area contributed by atoms with Crippen molar-refractivity contribution in [3.8, 4) is 0 Å². The summed E-state index contributed by atoms with van der Waals surface area (Å²) in [5.74, 6) is -1.05. The molecule has 0 aromatic heterocycles. The van der Waals surface area contributed by atoms with Crippen LogP contribution in [-0.4, -0.2) is 17.6 Å². The van der Waals surface area contributed by atoms with Gasteiger partial charge in [0.2, 0.25) is 0 Å². The minimum Gasteiger partial charge on any atom is -0.478 e. The van der Waals surface area contributed by atoms with E-state index in [0.29, 0.717) is 22.3 Å². The largest absolute Gasteiger partial charge is 0.478 e. The maximum atomic E-state index is 10.8. The highest BCUT2D eigenvalue weighted by Crippen LogP contribution is 2.30. The highest BCUT2D eigenvalue weighted by atomic mass is 35.5. The number of carboxylic acid groups (broad SMARTS) is 1. The Morgan fingerprint density at radius 3 is 2.64 bits per heavy atom. The molecular formula is C9H9Cl2NO2. The number of anilines is 1. The highest BCUT2D eigenvalue weighted by Gasteiger charge is 2.13. The van der Waals surface area contributed by atoms with Crippen LogP contribution in [0.5, 0.6) is 0 Å². The standard InChI is InChI=1S/C9H9Cl2NO2/c1-2-12-8-6(9(13)14)3-5(10)4-7(8)11/h3-4,12H,2H2,1H3,(H,13,14). The van der Waals surface area contributed by atoms with Gasteiger partial charge in [-0.3, -0.25) is 0 Å². The van der Waals surface area contributed by atoms with Crippen LogP contribution in [-0.2, 0) is 0 Å². The van der Waals surface area contributed by atoms with Crippen molar-refractivity contribution in [2.24, 2.45) is 0 Å². The number of halogens is 2. The topological polar surface area (TPSA) is 49.3 Å². The van der Waals surface area contributed by atoms with Gasteiger partial charge in [0, 0.05) is 11.6 Å². The summed E-state index contributed by atoms with van der Waals surface area (Å²) in [5, 5.41) is 12.4. The molecule has 1 rings (SSSR count). The third kappa shape index (κ3) is 2.30. The lowest BCUT2D eigenvalue weighted by atomic mass is 10.2. The summed E-state index contributed by atoms with van der Waals surface area (Å²) >= 11 is 11.5. The van der Waals surface area contributed by atoms with Crippen molar-refractivity contribution in [1.82, 2.24) is 0 Å². The molecule has 3 nitrogen and oxygen atoms in total. The van der Waals surface area contributed by atoms with Crippen LogP contribution in [0.2, 0.25) is 10.0 Å². The fourth-order valence-electron chi connectivity index (χ4n) is 1.10. The summed E-state index contributed by atoms with van der Waals surface area (Å²) in [4.78, 5) is 10.8. The molecule has 0 fully saturated rings. The van der Waals surface area contributed by atoms with Gasteiger partial charge in [0.25, 0.3) is 0 Å². The van der Waals surface area contributed by atoms with Crippen LogP contribution in [0.3, 0.4) is 0 Å². The van der Waals surface area contributed by atoms with Gasteiger partial charge >= 0.3 is 5.97 Å². The number of carboxylic acids is 1. The second-order valence-corrected chi connectivity index (χ2v) is 3.49. The number of hydrogen-bond donors (Lipinski definition) is 2. The van der Waals surface area contributed by atoms with Crippen LogP contribution in [0.15, 0.2) is 12.1 Å². The quantitative estimate of drug-likeness (QED) is 0.844. The van der Waals surface area contributed by atoms with Gasteiger partial charge < -0.3 is 10.4 Å². The van der Waals surface area contributed by atoms with E-state index in [1.807, 2.05) is 6.92 Å². The van der Waals surface area contributed by atoms with Gasteiger partial charge in [-0.2, -0.15) is 0 Å². The van der Waals surface area contributed by atoms with Gasteiger partial charge in [0.1, 0.15) is 0 Å². The molecule has 14 heavy (non-hydrogen) atoms. The van der Waals surface area contributed by atoms with Crippen LogP contribution in [0, 0.1) is 0 Å². The monoisotopic (exact) mass is 233 g/mol. The molecule has 1 aromatic carbocycles. The lowest BCUT2D eigenvalue weighted by molar-refractivity contribution is 0.0698. The first-order chi connectivity index (χ1) is 6.56. The van der Waals surface area contributed by atoms with Crippen molar-refractivity contribution < 1.29 is 9.90 Å². The van der Waals surface area contributed by atoms with E-state index >= 15 is 0 Å². The summed E-state index contributed by atoms with van der Waals surface area (Å²) in [6, 6.07) is 2.88. The molecule has 0 saturated carbocycles.